The lowest BCUT2D eigenvalue weighted by Crippen LogP contribution is -2.10. The molecule has 1 N–H and O–H groups in total. The first-order valence-electron chi connectivity index (χ1n) is 7.83. The molecule has 1 aromatic heterocycles. The monoisotopic (exact) mass is 338 g/mol. The maximum absolute atomic E-state index is 11.6. The lowest BCUT2D eigenvalue weighted by atomic mass is 10.2. The van der Waals surface area contributed by atoms with Crippen molar-refractivity contribution in [3.8, 4) is 22.8 Å². The van der Waals surface area contributed by atoms with Gasteiger partial charge in [-0.1, -0.05) is 25.1 Å². The molecule has 1 heterocycles. The van der Waals surface area contributed by atoms with Crippen LogP contribution in [-0.2, 0) is 4.79 Å². The number of carbonyl (C=O) groups is 1. The van der Waals surface area contributed by atoms with Gasteiger partial charge in [-0.15, -0.1) is 11.3 Å². The van der Waals surface area contributed by atoms with Gasteiger partial charge < -0.3 is 10.1 Å². The molecule has 4 nitrogen and oxygen atoms in total. The minimum absolute atomic E-state index is 0.00464. The van der Waals surface area contributed by atoms with Gasteiger partial charge in [-0.2, -0.15) is 0 Å². The highest BCUT2D eigenvalue weighted by Gasteiger charge is 2.08. The van der Waals surface area contributed by atoms with Crippen LogP contribution in [0.15, 0.2) is 60.0 Å². The predicted molar refractivity (Wildman–Crippen MR) is 97.6 cm³/mol. The van der Waals surface area contributed by atoms with Gasteiger partial charge in [0.25, 0.3) is 0 Å². The van der Waals surface area contributed by atoms with E-state index in [2.05, 4.69) is 10.3 Å². The van der Waals surface area contributed by atoms with E-state index in [1.807, 2.05) is 66.9 Å². The third-order valence-corrected chi connectivity index (χ3v) is 4.11. The summed E-state index contributed by atoms with van der Waals surface area (Å²) in [5, 5.41) is 5.39. The number of rotatable bonds is 6. The van der Waals surface area contributed by atoms with Crippen LogP contribution in [0.2, 0.25) is 0 Å². The quantitative estimate of drug-likeness (QED) is 0.660. The Balaban J connectivity index is 1.67. The van der Waals surface area contributed by atoms with E-state index >= 15 is 0 Å². The molecule has 0 saturated heterocycles. The Bertz CT molecular complexity index is 798. The van der Waals surface area contributed by atoms with Gasteiger partial charge in [0.05, 0.1) is 5.69 Å². The number of hydrogen-bond donors (Lipinski definition) is 1. The van der Waals surface area contributed by atoms with Crippen molar-refractivity contribution >= 4 is 22.4 Å². The summed E-state index contributed by atoms with van der Waals surface area (Å²) < 4.78 is 5.78. The molecule has 1 amide bonds. The number of thiazole rings is 1. The first kappa shape index (κ1) is 16.2. The van der Waals surface area contributed by atoms with Crippen LogP contribution in [0.25, 0.3) is 11.3 Å². The topological polar surface area (TPSA) is 51.2 Å². The normalized spacial score (nSPS) is 10.4. The molecule has 0 unspecified atom stereocenters. The largest absolute Gasteiger partial charge is 0.457 e. The van der Waals surface area contributed by atoms with Gasteiger partial charge >= 0.3 is 0 Å². The summed E-state index contributed by atoms with van der Waals surface area (Å²) in [7, 11) is 0. The van der Waals surface area contributed by atoms with E-state index in [0.717, 1.165) is 29.2 Å². The molecule has 0 spiro atoms. The fourth-order valence-corrected chi connectivity index (χ4v) is 2.93. The van der Waals surface area contributed by atoms with Crippen molar-refractivity contribution in [1.82, 2.24) is 4.98 Å². The van der Waals surface area contributed by atoms with Crippen LogP contribution in [0.3, 0.4) is 0 Å². The zero-order valence-electron chi connectivity index (χ0n) is 13.4. The van der Waals surface area contributed by atoms with Crippen LogP contribution in [0.5, 0.6) is 11.5 Å². The van der Waals surface area contributed by atoms with Crippen molar-refractivity contribution in [2.45, 2.75) is 19.8 Å². The average molecular weight is 338 g/mol. The summed E-state index contributed by atoms with van der Waals surface area (Å²) in [6.07, 6.45) is 1.34. The highest BCUT2D eigenvalue weighted by atomic mass is 32.1. The molecule has 3 aromatic rings. The van der Waals surface area contributed by atoms with Crippen LogP contribution in [-0.4, -0.2) is 10.9 Å². The van der Waals surface area contributed by atoms with Crippen LogP contribution >= 0.6 is 11.3 Å². The van der Waals surface area contributed by atoms with Crippen molar-refractivity contribution in [3.63, 3.8) is 0 Å². The Morgan fingerprint density at radius 1 is 1.08 bits per heavy atom. The summed E-state index contributed by atoms with van der Waals surface area (Å²) in [6, 6.07) is 17.4. The molecule has 0 saturated carbocycles. The number of carbonyl (C=O) groups excluding carboxylic acids is 1. The fourth-order valence-electron chi connectivity index (χ4n) is 2.19. The zero-order chi connectivity index (χ0) is 16.8. The van der Waals surface area contributed by atoms with Gasteiger partial charge in [0.2, 0.25) is 5.91 Å². The van der Waals surface area contributed by atoms with Crippen molar-refractivity contribution in [2.24, 2.45) is 0 Å². The standard InChI is InChI=1S/C19H18N2O2S/c1-2-6-18(22)21-19-20-17(13-24-19)14-9-11-16(12-10-14)23-15-7-4-3-5-8-15/h3-5,7-13H,2,6H2,1H3,(H,20,21,22). The zero-order valence-corrected chi connectivity index (χ0v) is 14.2. The van der Waals surface area contributed by atoms with E-state index in [0.29, 0.717) is 11.6 Å². The summed E-state index contributed by atoms with van der Waals surface area (Å²) >= 11 is 1.43. The summed E-state index contributed by atoms with van der Waals surface area (Å²) in [5.41, 5.74) is 1.83. The number of amides is 1. The number of anilines is 1. The number of benzene rings is 2. The molecule has 122 valence electrons. The Morgan fingerprint density at radius 3 is 2.50 bits per heavy atom. The third kappa shape index (κ3) is 4.20. The lowest BCUT2D eigenvalue weighted by Gasteiger charge is -2.05. The van der Waals surface area contributed by atoms with Gasteiger partial charge in [0, 0.05) is 17.4 Å². The minimum Gasteiger partial charge on any atom is -0.457 e. The molecule has 0 radical (unpaired) electrons. The smallest absolute Gasteiger partial charge is 0.226 e. The predicted octanol–water partition coefficient (Wildman–Crippen LogP) is 5.34. The number of nitrogens with zero attached hydrogens (tertiary/aromatic N) is 1. The van der Waals surface area contributed by atoms with Gasteiger partial charge in [0.1, 0.15) is 11.5 Å². The second-order valence-electron chi connectivity index (χ2n) is 5.28. The maximum atomic E-state index is 11.6. The van der Waals surface area contributed by atoms with Crippen LogP contribution in [0.1, 0.15) is 19.8 Å². The van der Waals surface area contributed by atoms with Gasteiger partial charge in [-0.3, -0.25) is 4.79 Å². The molecule has 5 heteroatoms. The van der Waals surface area contributed by atoms with Crippen molar-refractivity contribution < 1.29 is 9.53 Å². The van der Waals surface area contributed by atoms with Crippen molar-refractivity contribution in [1.29, 1.82) is 0 Å². The number of para-hydroxylation sites is 1. The molecule has 0 aliphatic carbocycles. The second kappa shape index (κ2) is 7.75. The van der Waals surface area contributed by atoms with E-state index in [9.17, 15) is 4.79 Å². The minimum atomic E-state index is 0.00464. The van der Waals surface area contributed by atoms with Crippen LogP contribution in [0.4, 0.5) is 5.13 Å². The molecular weight excluding hydrogens is 320 g/mol. The molecule has 0 fully saturated rings. The number of hydrogen-bond acceptors (Lipinski definition) is 4. The summed E-state index contributed by atoms with van der Waals surface area (Å²) in [5.74, 6) is 1.58. The number of ether oxygens (including phenoxy) is 1. The van der Waals surface area contributed by atoms with Crippen molar-refractivity contribution in [2.75, 3.05) is 5.32 Å². The molecule has 3 rings (SSSR count). The SMILES string of the molecule is CCCC(=O)Nc1nc(-c2ccc(Oc3ccccc3)cc2)cs1. The molecule has 0 aliphatic rings. The summed E-state index contributed by atoms with van der Waals surface area (Å²) in [6.45, 7) is 1.98. The fraction of sp³-hybridized carbons (Fsp3) is 0.158. The van der Waals surface area contributed by atoms with Gasteiger partial charge in [-0.25, -0.2) is 4.98 Å². The Hall–Kier alpha value is -2.66. The van der Waals surface area contributed by atoms with Crippen LogP contribution in [0, 0.1) is 0 Å². The van der Waals surface area contributed by atoms with Gasteiger partial charge in [-0.05, 0) is 42.8 Å². The first-order chi connectivity index (χ1) is 11.7. The van der Waals surface area contributed by atoms with E-state index in [-0.39, 0.29) is 5.91 Å². The number of nitrogens with one attached hydrogen (secondary N) is 1. The molecule has 0 aliphatic heterocycles. The number of aromatic nitrogens is 1. The van der Waals surface area contributed by atoms with E-state index in [4.69, 9.17) is 4.74 Å². The lowest BCUT2D eigenvalue weighted by molar-refractivity contribution is -0.116. The Kier molecular flexibility index (Phi) is 5.23. The highest BCUT2D eigenvalue weighted by molar-refractivity contribution is 7.14. The molecule has 24 heavy (non-hydrogen) atoms. The van der Waals surface area contributed by atoms with Gasteiger partial charge in [0.15, 0.2) is 5.13 Å². The van der Waals surface area contributed by atoms with E-state index in [1.165, 1.54) is 11.3 Å². The Morgan fingerprint density at radius 2 is 1.79 bits per heavy atom. The van der Waals surface area contributed by atoms with Crippen molar-refractivity contribution in [3.05, 3.63) is 60.0 Å². The average Bonchev–Trinajstić information content (AvgIpc) is 3.05. The third-order valence-electron chi connectivity index (χ3n) is 3.36. The van der Waals surface area contributed by atoms with E-state index < -0.39 is 0 Å². The van der Waals surface area contributed by atoms with E-state index in [1.54, 1.807) is 0 Å². The molecule has 2 aromatic carbocycles. The van der Waals surface area contributed by atoms with Crippen LogP contribution < -0.4 is 10.1 Å². The first-order valence-corrected chi connectivity index (χ1v) is 8.71. The Labute approximate surface area is 145 Å². The molecule has 0 bridgehead atoms. The maximum Gasteiger partial charge on any atom is 0.226 e. The molecular formula is C19H18N2O2S. The second-order valence-corrected chi connectivity index (χ2v) is 6.13. The molecule has 0 atom stereocenters. The summed E-state index contributed by atoms with van der Waals surface area (Å²) in [4.78, 5) is 16.1. The highest BCUT2D eigenvalue weighted by Crippen LogP contribution is 2.28.